The van der Waals surface area contributed by atoms with Gasteiger partial charge in [-0.2, -0.15) is 0 Å². The topological polar surface area (TPSA) is 40.9 Å². The summed E-state index contributed by atoms with van der Waals surface area (Å²) in [7, 11) is -2.13. The standard InChI is InChI=1S/C4H9NOS/c1-7(5,6)4-2-3-4/h4-5H,2-3H2,1H3. The van der Waals surface area contributed by atoms with Crippen molar-refractivity contribution in [2.24, 2.45) is 0 Å². The maximum atomic E-state index is 10.6. The highest BCUT2D eigenvalue weighted by atomic mass is 32.2. The first-order chi connectivity index (χ1) is 3.11. The molecule has 1 N–H and O–H groups in total. The minimum Gasteiger partial charge on any atom is -0.253 e. The maximum Gasteiger partial charge on any atom is 0.0441 e. The molecule has 7 heavy (non-hydrogen) atoms. The van der Waals surface area contributed by atoms with Gasteiger partial charge < -0.3 is 0 Å². The molecule has 0 aromatic heterocycles. The van der Waals surface area contributed by atoms with E-state index < -0.39 is 9.73 Å². The summed E-state index contributed by atoms with van der Waals surface area (Å²) in [5, 5.41) is 0.243. The first-order valence-corrected chi connectivity index (χ1v) is 4.36. The Bertz CT molecular complexity index is 155. The highest BCUT2D eigenvalue weighted by molar-refractivity contribution is 7.92. The van der Waals surface area contributed by atoms with Crippen LogP contribution in [-0.2, 0) is 9.73 Å². The van der Waals surface area contributed by atoms with Crippen molar-refractivity contribution in [1.82, 2.24) is 0 Å². The van der Waals surface area contributed by atoms with Crippen molar-refractivity contribution >= 4 is 9.73 Å². The molecular weight excluding hydrogens is 110 g/mol. The van der Waals surface area contributed by atoms with E-state index in [1.165, 1.54) is 6.26 Å². The second-order valence-corrected chi connectivity index (χ2v) is 4.58. The Balaban J connectivity index is 2.71. The zero-order chi connectivity index (χ0) is 5.49. The molecule has 1 saturated carbocycles. The fraction of sp³-hybridized carbons (Fsp3) is 1.00. The van der Waals surface area contributed by atoms with Crippen molar-refractivity contribution < 1.29 is 4.21 Å². The summed E-state index contributed by atoms with van der Waals surface area (Å²) < 4.78 is 17.6. The molecule has 1 aliphatic rings. The van der Waals surface area contributed by atoms with E-state index in [9.17, 15) is 4.21 Å². The van der Waals surface area contributed by atoms with Gasteiger partial charge in [0.1, 0.15) is 0 Å². The molecular formula is C4H9NOS. The van der Waals surface area contributed by atoms with E-state index in [1.807, 2.05) is 0 Å². The van der Waals surface area contributed by atoms with Crippen molar-refractivity contribution in [2.75, 3.05) is 6.26 Å². The third-order valence-electron chi connectivity index (χ3n) is 1.16. The Morgan fingerprint density at radius 2 is 2.14 bits per heavy atom. The molecule has 0 aromatic rings. The van der Waals surface area contributed by atoms with Crippen LogP contribution in [0.3, 0.4) is 0 Å². The van der Waals surface area contributed by atoms with Gasteiger partial charge in [0.25, 0.3) is 0 Å². The van der Waals surface area contributed by atoms with Gasteiger partial charge in [0.2, 0.25) is 0 Å². The van der Waals surface area contributed by atoms with Crippen LogP contribution >= 0.6 is 0 Å². The Morgan fingerprint density at radius 3 is 2.14 bits per heavy atom. The normalized spacial score (nSPS) is 29.3. The van der Waals surface area contributed by atoms with Gasteiger partial charge in [-0.05, 0) is 12.8 Å². The molecule has 0 bridgehead atoms. The van der Waals surface area contributed by atoms with Crippen LogP contribution < -0.4 is 0 Å². The number of hydrogen-bond donors (Lipinski definition) is 1. The summed E-state index contributed by atoms with van der Waals surface area (Å²) in [5.41, 5.74) is 0. The lowest BCUT2D eigenvalue weighted by Crippen LogP contribution is -1.98. The summed E-state index contributed by atoms with van der Waals surface area (Å²) in [4.78, 5) is 0. The van der Waals surface area contributed by atoms with Crippen LogP contribution in [0.2, 0.25) is 0 Å². The molecule has 0 heterocycles. The van der Waals surface area contributed by atoms with Crippen molar-refractivity contribution in [2.45, 2.75) is 18.1 Å². The van der Waals surface area contributed by atoms with E-state index in [0.29, 0.717) is 0 Å². The van der Waals surface area contributed by atoms with E-state index in [4.69, 9.17) is 4.78 Å². The molecule has 42 valence electrons. The summed E-state index contributed by atoms with van der Waals surface area (Å²) in [5.74, 6) is 0. The van der Waals surface area contributed by atoms with Gasteiger partial charge in [0.15, 0.2) is 0 Å². The molecule has 0 amide bonds. The second-order valence-electron chi connectivity index (χ2n) is 2.10. The molecule has 0 saturated heterocycles. The van der Waals surface area contributed by atoms with Gasteiger partial charge in [0, 0.05) is 21.2 Å². The second kappa shape index (κ2) is 1.22. The quantitative estimate of drug-likeness (QED) is 0.545. The summed E-state index contributed by atoms with van der Waals surface area (Å²) >= 11 is 0. The Kier molecular flexibility index (Phi) is 0.885. The summed E-state index contributed by atoms with van der Waals surface area (Å²) in [6.07, 6.45) is 3.54. The van der Waals surface area contributed by atoms with E-state index >= 15 is 0 Å². The molecule has 0 aromatic carbocycles. The van der Waals surface area contributed by atoms with Gasteiger partial charge in [-0.1, -0.05) is 0 Å². The van der Waals surface area contributed by atoms with Crippen molar-refractivity contribution in [1.29, 1.82) is 4.78 Å². The molecule has 1 atom stereocenters. The van der Waals surface area contributed by atoms with E-state index in [-0.39, 0.29) is 5.25 Å². The first kappa shape index (κ1) is 5.09. The van der Waals surface area contributed by atoms with Crippen LogP contribution in [0.4, 0.5) is 0 Å². The Morgan fingerprint density at radius 1 is 1.71 bits per heavy atom. The molecule has 1 fully saturated rings. The minimum absolute atomic E-state index is 0.243. The zero-order valence-electron chi connectivity index (χ0n) is 4.31. The number of rotatable bonds is 1. The molecule has 3 heteroatoms. The van der Waals surface area contributed by atoms with Gasteiger partial charge >= 0.3 is 0 Å². The van der Waals surface area contributed by atoms with E-state index in [0.717, 1.165) is 12.8 Å². The van der Waals surface area contributed by atoms with Crippen molar-refractivity contribution in [3.05, 3.63) is 0 Å². The monoisotopic (exact) mass is 119 g/mol. The molecule has 0 spiro atoms. The fourth-order valence-electron chi connectivity index (χ4n) is 0.518. The highest BCUT2D eigenvalue weighted by Gasteiger charge is 2.28. The van der Waals surface area contributed by atoms with Gasteiger partial charge in [-0.3, -0.25) is 4.78 Å². The SMILES string of the molecule is CS(=N)(=O)C1CC1. The number of hydrogen-bond acceptors (Lipinski definition) is 2. The average molecular weight is 119 g/mol. The van der Waals surface area contributed by atoms with Gasteiger partial charge in [-0.25, -0.2) is 4.21 Å². The summed E-state index contributed by atoms with van der Waals surface area (Å²) in [6, 6.07) is 0. The predicted octanol–water partition coefficient (Wildman–Crippen LogP) is 0.825. The third-order valence-corrected chi connectivity index (χ3v) is 2.90. The molecule has 1 rings (SSSR count). The molecule has 0 radical (unpaired) electrons. The van der Waals surface area contributed by atoms with Crippen LogP contribution in [0.1, 0.15) is 12.8 Å². The smallest absolute Gasteiger partial charge is 0.0441 e. The number of nitrogens with one attached hydrogen (secondary N) is 1. The first-order valence-electron chi connectivity index (χ1n) is 2.33. The maximum absolute atomic E-state index is 10.6. The van der Waals surface area contributed by atoms with E-state index in [2.05, 4.69) is 0 Å². The lowest BCUT2D eigenvalue weighted by molar-refractivity contribution is 0.678. The van der Waals surface area contributed by atoms with Crippen LogP contribution in [0.15, 0.2) is 0 Å². The summed E-state index contributed by atoms with van der Waals surface area (Å²) in [6.45, 7) is 0. The van der Waals surface area contributed by atoms with E-state index in [1.54, 1.807) is 0 Å². The molecule has 1 aliphatic carbocycles. The van der Waals surface area contributed by atoms with Crippen molar-refractivity contribution in [3.8, 4) is 0 Å². The zero-order valence-corrected chi connectivity index (χ0v) is 5.12. The third kappa shape index (κ3) is 1.16. The van der Waals surface area contributed by atoms with Crippen LogP contribution in [0.5, 0.6) is 0 Å². The molecule has 0 aliphatic heterocycles. The fourth-order valence-corrected chi connectivity index (χ4v) is 1.55. The van der Waals surface area contributed by atoms with Crippen LogP contribution in [0, 0.1) is 4.78 Å². The van der Waals surface area contributed by atoms with Crippen LogP contribution in [0.25, 0.3) is 0 Å². The van der Waals surface area contributed by atoms with Crippen LogP contribution in [-0.4, -0.2) is 15.7 Å². The Labute approximate surface area is 43.9 Å². The lowest BCUT2D eigenvalue weighted by Gasteiger charge is -1.89. The minimum atomic E-state index is -2.13. The lowest BCUT2D eigenvalue weighted by atomic mass is 11.0. The molecule has 2 nitrogen and oxygen atoms in total. The Hall–Kier alpha value is -0.0500. The highest BCUT2D eigenvalue weighted by Crippen LogP contribution is 2.27. The van der Waals surface area contributed by atoms with Gasteiger partial charge in [-0.15, -0.1) is 0 Å². The largest absolute Gasteiger partial charge is 0.253 e. The van der Waals surface area contributed by atoms with Crippen molar-refractivity contribution in [3.63, 3.8) is 0 Å². The average Bonchev–Trinajstić information content (AvgIpc) is 1.99. The van der Waals surface area contributed by atoms with Gasteiger partial charge in [0.05, 0.1) is 0 Å². The predicted molar refractivity (Wildman–Crippen MR) is 29.8 cm³/mol. The molecule has 1 unspecified atom stereocenters.